The van der Waals surface area contributed by atoms with E-state index in [-0.39, 0.29) is 5.91 Å². The summed E-state index contributed by atoms with van der Waals surface area (Å²) in [7, 11) is 0. The molecule has 0 spiro atoms. The van der Waals surface area contributed by atoms with Crippen molar-refractivity contribution < 1.29 is 4.79 Å². The number of hydrogen-bond acceptors (Lipinski definition) is 1. The number of carbonyl (C=O) groups excluding carboxylic acids is 1. The van der Waals surface area contributed by atoms with Crippen LogP contribution >= 0.6 is 0 Å². The predicted octanol–water partition coefficient (Wildman–Crippen LogP) is 2.34. The van der Waals surface area contributed by atoms with E-state index < -0.39 is 0 Å². The van der Waals surface area contributed by atoms with E-state index in [1.165, 1.54) is 0 Å². The van der Waals surface area contributed by atoms with Crippen molar-refractivity contribution in [3.05, 3.63) is 0 Å². The van der Waals surface area contributed by atoms with Gasteiger partial charge < -0.3 is 5.32 Å². The molecular formula is C10H21NO. The van der Waals surface area contributed by atoms with Gasteiger partial charge in [-0.3, -0.25) is 4.79 Å². The summed E-state index contributed by atoms with van der Waals surface area (Å²) in [6.45, 7) is 7.26. The van der Waals surface area contributed by atoms with Crippen LogP contribution in [0.3, 0.4) is 0 Å². The van der Waals surface area contributed by atoms with Gasteiger partial charge in [0.25, 0.3) is 0 Å². The van der Waals surface area contributed by atoms with E-state index in [2.05, 4.69) is 26.1 Å². The molecule has 0 bridgehead atoms. The lowest BCUT2D eigenvalue weighted by molar-refractivity contribution is -0.121. The first-order valence-corrected chi connectivity index (χ1v) is 4.93. The van der Waals surface area contributed by atoms with Crippen molar-refractivity contribution >= 4 is 5.91 Å². The largest absolute Gasteiger partial charge is 0.356 e. The summed E-state index contributed by atoms with van der Waals surface area (Å²) in [6, 6.07) is 0. The van der Waals surface area contributed by atoms with Gasteiger partial charge in [0.1, 0.15) is 0 Å². The summed E-state index contributed by atoms with van der Waals surface area (Å²) < 4.78 is 0. The topological polar surface area (TPSA) is 29.1 Å². The third kappa shape index (κ3) is 7.58. The van der Waals surface area contributed by atoms with E-state index in [1.807, 2.05) is 0 Å². The van der Waals surface area contributed by atoms with Crippen molar-refractivity contribution in [2.75, 3.05) is 6.54 Å². The Morgan fingerprint density at radius 1 is 1.42 bits per heavy atom. The van der Waals surface area contributed by atoms with Crippen molar-refractivity contribution in [2.24, 2.45) is 5.92 Å². The van der Waals surface area contributed by atoms with Crippen molar-refractivity contribution in [1.82, 2.24) is 5.32 Å². The highest BCUT2D eigenvalue weighted by atomic mass is 16.1. The van der Waals surface area contributed by atoms with Gasteiger partial charge in [0.2, 0.25) is 5.91 Å². The lowest BCUT2D eigenvalue weighted by atomic mass is 10.1. The summed E-state index contributed by atoms with van der Waals surface area (Å²) in [6.07, 6.45) is 3.87. The zero-order chi connectivity index (χ0) is 9.40. The standard InChI is InChI=1S/C10H21NO/c1-4-5-6-10(12)11-8-7-9(2)3/h9H,4-8H2,1-3H3,(H,11,12). The monoisotopic (exact) mass is 171 g/mol. The summed E-state index contributed by atoms with van der Waals surface area (Å²) in [5.74, 6) is 0.883. The maximum atomic E-state index is 11.1. The summed E-state index contributed by atoms with van der Waals surface area (Å²) >= 11 is 0. The zero-order valence-electron chi connectivity index (χ0n) is 8.52. The molecular weight excluding hydrogens is 150 g/mol. The Hall–Kier alpha value is -0.530. The molecule has 0 heterocycles. The third-order valence-electron chi connectivity index (χ3n) is 1.80. The van der Waals surface area contributed by atoms with Crippen LogP contribution in [-0.4, -0.2) is 12.5 Å². The van der Waals surface area contributed by atoms with Crippen LogP contribution in [0.4, 0.5) is 0 Å². The Balaban J connectivity index is 3.20. The van der Waals surface area contributed by atoms with Gasteiger partial charge in [0.15, 0.2) is 0 Å². The third-order valence-corrected chi connectivity index (χ3v) is 1.80. The van der Waals surface area contributed by atoms with E-state index in [0.717, 1.165) is 25.8 Å². The Morgan fingerprint density at radius 3 is 2.58 bits per heavy atom. The second kappa shape index (κ2) is 7.14. The van der Waals surface area contributed by atoms with Crippen LogP contribution in [0, 0.1) is 5.92 Å². The van der Waals surface area contributed by atoms with Crippen LogP contribution in [0.25, 0.3) is 0 Å². The van der Waals surface area contributed by atoms with Gasteiger partial charge in [0.05, 0.1) is 0 Å². The summed E-state index contributed by atoms with van der Waals surface area (Å²) in [4.78, 5) is 11.1. The summed E-state index contributed by atoms with van der Waals surface area (Å²) in [5.41, 5.74) is 0. The van der Waals surface area contributed by atoms with Gasteiger partial charge in [0, 0.05) is 13.0 Å². The van der Waals surface area contributed by atoms with Crippen LogP contribution < -0.4 is 5.32 Å². The van der Waals surface area contributed by atoms with E-state index in [1.54, 1.807) is 0 Å². The number of amides is 1. The molecule has 1 N–H and O–H groups in total. The number of carbonyl (C=O) groups is 1. The van der Waals surface area contributed by atoms with Crippen LogP contribution in [0.2, 0.25) is 0 Å². The van der Waals surface area contributed by atoms with E-state index in [9.17, 15) is 4.79 Å². The number of hydrogen-bond donors (Lipinski definition) is 1. The average Bonchev–Trinajstić information content (AvgIpc) is 2.00. The first-order chi connectivity index (χ1) is 5.66. The molecule has 72 valence electrons. The minimum Gasteiger partial charge on any atom is -0.356 e. The molecule has 0 radical (unpaired) electrons. The molecule has 0 aliphatic carbocycles. The molecule has 0 rings (SSSR count). The summed E-state index contributed by atoms with van der Waals surface area (Å²) in [5, 5.41) is 2.91. The minimum absolute atomic E-state index is 0.206. The fourth-order valence-corrected chi connectivity index (χ4v) is 0.926. The van der Waals surface area contributed by atoms with Crippen molar-refractivity contribution in [1.29, 1.82) is 0 Å². The highest BCUT2D eigenvalue weighted by Gasteiger charge is 1.99. The number of unbranched alkanes of at least 4 members (excludes halogenated alkanes) is 1. The van der Waals surface area contributed by atoms with Gasteiger partial charge in [-0.05, 0) is 18.8 Å². The smallest absolute Gasteiger partial charge is 0.219 e. The van der Waals surface area contributed by atoms with Crippen molar-refractivity contribution in [2.45, 2.75) is 46.5 Å². The Labute approximate surface area is 75.7 Å². The van der Waals surface area contributed by atoms with Crippen molar-refractivity contribution in [3.8, 4) is 0 Å². The van der Waals surface area contributed by atoms with Crippen LogP contribution in [0.15, 0.2) is 0 Å². The fourth-order valence-electron chi connectivity index (χ4n) is 0.926. The first-order valence-electron chi connectivity index (χ1n) is 4.93. The minimum atomic E-state index is 0.206. The lowest BCUT2D eigenvalue weighted by Gasteiger charge is -2.06. The molecule has 0 fully saturated rings. The molecule has 0 aromatic rings. The Bertz CT molecular complexity index is 121. The van der Waals surface area contributed by atoms with Gasteiger partial charge in [-0.15, -0.1) is 0 Å². The molecule has 0 unspecified atom stereocenters. The first kappa shape index (κ1) is 11.5. The predicted molar refractivity (Wildman–Crippen MR) is 52.0 cm³/mol. The molecule has 0 saturated carbocycles. The SMILES string of the molecule is CCCCC(=O)NCCC(C)C. The Kier molecular flexibility index (Phi) is 6.82. The van der Waals surface area contributed by atoms with Crippen LogP contribution in [0.1, 0.15) is 46.5 Å². The molecule has 1 amide bonds. The van der Waals surface area contributed by atoms with Gasteiger partial charge in [-0.25, -0.2) is 0 Å². The maximum Gasteiger partial charge on any atom is 0.219 e. The average molecular weight is 171 g/mol. The molecule has 0 atom stereocenters. The molecule has 2 heteroatoms. The highest BCUT2D eigenvalue weighted by Crippen LogP contribution is 1.97. The van der Waals surface area contributed by atoms with E-state index in [0.29, 0.717) is 12.3 Å². The molecule has 2 nitrogen and oxygen atoms in total. The molecule has 0 aromatic heterocycles. The molecule has 12 heavy (non-hydrogen) atoms. The van der Waals surface area contributed by atoms with Gasteiger partial charge in [-0.1, -0.05) is 27.2 Å². The quantitative estimate of drug-likeness (QED) is 0.653. The van der Waals surface area contributed by atoms with Gasteiger partial charge >= 0.3 is 0 Å². The van der Waals surface area contributed by atoms with E-state index in [4.69, 9.17) is 0 Å². The van der Waals surface area contributed by atoms with Crippen LogP contribution in [-0.2, 0) is 4.79 Å². The van der Waals surface area contributed by atoms with Crippen molar-refractivity contribution in [3.63, 3.8) is 0 Å². The lowest BCUT2D eigenvalue weighted by Crippen LogP contribution is -2.24. The molecule has 0 aliphatic heterocycles. The Morgan fingerprint density at radius 2 is 2.08 bits per heavy atom. The van der Waals surface area contributed by atoms with E-state index >= 15 is 0 Å². The second-order valence-corrected chi connectivity index (χ2v) is 3.64. The maximum absolute atomic E-state index is 11.1. The normalized spacial score (nSPS) is 10.3. The second-order valence-electron chi connectivity index (χ2n) is 3.64. The highest BCUT2D eigenvalue weighted by molar-refractivity contribution is 5.75. The number of rotatable bonds is 6. The molecule has 0 aromatic carbocycles. The number of nitrogens with one attached hydrogen (secondary N) is 1. The molecule has 0 saturated heterocycles. The molecule has 0 aliphatic rings. The van der Waals surface area contributed by atoms with Crippen LogP contribution in [0.5, 0.6) is 0 Å². The zero-order valence-corrected chi connectivity index (χ0v) is 8.52. The van der Waals surface area contributed by atoms with Gasteiger partial charge in [-0.2, -0.15) is 0 Å². The fraction of sp³-hybridized carbons (Fsp3) is 0.900.